The van der Waals surface area contributed by atoms with E-state index in [1.165, 1.54) is 11.1 Å². The minimum Gasteiger partial charge on any atom is -0.337 e. The van der Waals surface area contributed by atoms with Crippen molar-refractivity contribution in [2.24, 2.45) is 0 Å². The van der Waals surface area contributed by atoms with Crippen LogP contribution in [0.25, 0.3) is 0 Å². The maximum atomic E-state index is 12.4. The summed E-state index contributed by atoms with van der Waals surface area (Å²) in [6.45, 7) is 3.74. The average molecular weight is 266 g/mol. The van der Waals surface area contributed by atoms with Crippen molar-refractivity contribution in [2.75, 3.05) is 13.1 Å². The summed E-state index contributed by atoms with van der Waals surface area (Å²) in [4.78, 5) is 18.4. The summed E-state index contributed by atoms with van der Waals surface area (Å²) >= 11 is 0. The molecule has 1 aromatic heterocycles. The van der Waals surface area contributed by atoms with Gasteiger partial charge < -0.3 is 4.90 Å². The van der Waals surface area contributed by atoms with Crippen molar-refractivity contribution in [3.8, 4) is 0 Å². The van der Waals surface area contributed by atoms with Gasteiger partial charge in [-0.25, -0.2) is 0 Å². The Balaban J connectivity index is 1.74. The number of rotatable bonds is 2. The van der Waals surface area contributed by atoms with Crippen LogP contribution >= 0.6 is 0 Å². The largest absolute Gasteiger partial charge is 0.337 e. The summed E-state index contributed by atoms with van der Waals surface area (Å²) < 4.78 is 0. The van der Waals surface area contributed by atoms with Crippen LogP contribution in [0, 0.1) is 6.92 Å². The summed E-state index contributed by atoms with van der Waals surface area (Å²) in [5.74, 6) is 0.491. The van der Waals surface area contributed by atoms with Crippen LogP contribution < -0.4 is 0 Å². The summed E-state index contributed by atoms with van der Waals surface area (Å²) in [7, 11) is 0. The summed E-state index contributed by atoms with van der Waals surface area (Å²) in [6, 6.07) is 13.9. The Kier molecular flexibility index (Phi) is 3.50. The topological polar surface area (TPSA) is 33.2 Å². The highest BCUT2D eigenvalue weighted by Gasteiger charge is 2.28. The molecule has 0 N–H and O–H groups in total. The van der Waals surface area contributed by atoms with Crippen LogP contribution in [0.4, 0.5) is 0 Å². The SMILES string of the molecule is Cc1ccccc1[C@H]1CCN(C(=O)c2ccccn2)C1. The molecule has 0 saturated carbocycles. The number of carbonyl (C=O) groups is 1. The van der Waals surface area contributed by atoms with Gasteiger partial charge in [0.15, 0.2) is 0 Å². The second-order valence-electron chi connectivity index (χ2n) is 5.31. The molecule has 0 radical (unpaired) electrons. The number of amides is 1. The van der Waals surface area contributed by atoms with Crippen molar-refractivity contribution >= 4 is 5.91 Å². The maximum absolute atomic E-state index is 12.4. The lowest BCUT2D eigenvalue weighted by Gasteiger charge is -2.17. The number of nitrogens with zero attached hydrogens (tertiary/aromatic N) is 2. The molecule has 3 heteroatoms. The molecule has 1 saturated heterocycles. The highest BCUT2D eigenvalue weighted by molar-refractivity contribution is 5.92. The number of hydrogen-bond donors (Lipinski definition) is 0. The maximum Gasteiger partial charge on any atom is 0.272 e. The van der Waals surface area contributed by atoms with Gasteiger partial charge in [0.25, 0.3) is 5.91 Å². The normalized spacial score (nSPS) is 18.2. The Hall–Kier alpha value is -2.16. The van der Waals surface area contributed by atoms with E-state index >= 15 is 0 Å². The number of benzene rings is 1. The van der Waals surface area contributed by atoms with Gasteiger partial charge in [-0.1, -0.05) is 30.3 Å². The van der Waals surface area contributed by atoms with Crippen LogP contribution in [-0.4, -0.2) is 28.9 Å². The highest BCUT2D eigenvalue weighted by atomic mass is 16.2. The fourth-order valence-corrected chi connectivity index (χ4v) is 2.89. The van der Waals surface area contributed by atoms with E-state index in [2.05, 4.69) is 36.2 Å². The van der Waals surface area contributed by atoms with E-state index in [1.54, 1.807) is 12.3 Å². The van der Waals surface area contributed by atoms with Crippen molar-refractivity contribution in [3.05, 3.63) is 65.5 Å². The predicted molar refractivity (Wildman–Crippen MR) is 78.7 cm³/mol. The summed E-state index contributed by atoms with van der Waals surface area (Å²) in [5.41, 5.74) is 3.21. The first-order valence-electron chi connectivity index (χ1n) is 7.01. The molecular weight excluding hydrogens is 248 g/mol. The monoisotopic (exact) mass is 266 g/mol. The number of hydrogen-bond acceptors (Lipinski definition) is 2. The van der Waals surface area contributed by atoms with Gasteiger partial charge in [0.1, 0.15) is 5.69 Å². The average Bonchev–Trinajstić information content (AvgIpc) is 2.97. The Bertz CT molecular complexity index is 609. The minimum atomic E-state index is 0.0432. The van der Waals surface area contributed by atoms with E-state index in [9.17, 15) is 4.79 Å². The van der Waals surface area contributed by atoms with Crippen molar-refractivity contribution in [3.63, 3.8) is 0 Å². The molecule has 1 atom stereocenters. The van der Waals surface area contributed by atoms with Crippen LogP contribution in [-0.2, 0) is 0 Å². The molecule has 1 aromatic carbocycles. The van der Waals surface area contributed by atoms with Crippen molar-refractivity contribution in [1.82, 2.24) is 9.88 Å². The lowest BCUT2D eigenvalue weighted by molar-refractivity contribution is 0.0785. The smallest absolute Gasteiger partial charge is 0.272 e. The molecular formula is C17H18N2O. The van der Waals surface area contributed by atoms with E-state index in [0.29, 0.717) is 11.6 Å². The van der Waals surface area contributed by atoms with E-state index in [4.69, 9.17) is 0 Å². The molecule has 1 fully saturated rings. The van der Waals surface area contributed by atoms with E-state index < -0.39 is 0 Å². The fourth-order valence-electron chi connectivity index (χ4n) is 2.89. The van der Waals surface area contributed by atoms with Crippen molar-refractivity contribution in [1.29, 1.82) is 0 Å². The predicted octanol–water partition coefficient (Wildman–Crippen LogP) is 3.02. The molecule has 1 amide bonds. The third kappa shape index (κ3) is 2.44. The van der Waals surface area contributed by atoms with Gasteiger partial charge in [-0.2, -0.15) is 0 Å². The van der Waals surface area contributed by atoms with Gasteiger partial charge in [-0.3, -0.25) is 9.78 Å². The Morgan fingerprint density at radius 3 is 2.75 bits per heavy atom. The second kappa shape index (κ2) is 5.45. The highest BCUT2D eigenvalue weighted by Crippen LogP contribution is 2.29. The fraction of sp³-hybridized carbons (Fsp3) is 0.294. The van der Waals surface area contributed by atoms with Crippen LogP contribution in [0.1, 0.15) is 34.0 Å². The summed E-state index contributed by atoms with van der Waals surface area (Å²) in [6.07, 6.45) is 2.70. The lowest BCUT2D eigenvalue weighted by Crippen LogP contribution is -2.29. The van der Waals surface area contributed by atoms with Crippen LogP contribution in [0.5, 0.6) is 0 Å². The molecule has 3 nitrogen and oxygen atoms in total. The van der Waals surface area contributed by atoms with Gasteiger partial charge >= 0.3 is 0 Å². The van der Waals surface area contributed by atoms with E-state index in [-0.39, 0.29) is 5.91 Å². The van der Waals surface area contributed by atoms with E-state index in [0.717, 1.165) is 19.5 Å². The molecule has 1 aliphatic heterocycles. The number of aryl methyl sites for hydroxylation is 1. The standard InChI is InChI=1S/C17H18N2O/c1-13-6-2-3-7-15(13)14-9-11-19(12-14)17(20)16-8-4-5-10-18-16/h2-8,10,14H,9,11-12H2,1H3/t14-/m0/s1. The van der Waals surface area contributed by atoms with Gasteiger partial charge in [-0.05, 0) is 36.6 Å². The van der Waals surface area contributed by atoms with Crippen molar-refractivity contribution < 1.29 is 4.79 Å². The number of aromatic nitrogens is 1. The molecule has 0 spiro atoms. The lowest BCUT2D eigenvalue weighted by atomic mass is 9.94. The first-order valence-corrected chi connectivity index (χ1v) is 7.01. The Morgan fingerprint density at radius 1 is 1.20 bits per heavy atom. The molecule has 20 heavy (non-hydrogen) atoms. The molecule has 2 aromatic rings. The third-order valence-electron chi connectivity index (χ3n) is 3.99. The molecule has 102 valence electrons. The van der Waals surface area contributed by atoms with Crippen LogP contribution in [0.2, 0.25) is 0 Å². The molecule has 2 heterocycles. The van der Waals surface area contributed by atoms with Gasteiger partial charge in [0.2, 0.25) is 0 Å². The molecule has 0 unspecified atom stereocenters. The van der Waals surface area contributed by atoms with Crippen LogP contribution in [0.3, 0.4) is 0 Å². The molecule has 0 aliphatic carbocycles. The Labute approximate surface area is 119 Å². The number of carbonyl (C=O) groups excluding carboxylic acids is 1. The molecule has 0 bridgehead atoms. The minimum absolute atomic E-state index is 0.0432. The first-order chi connectivity index (χ1) is 9.75. The van der Waals surface area contributed by atoms with Gasteiger partial charge in [0, 0.05) is 25.2 Å². The third-order valence-corrected chi connectivity index (χ3v) is 3.99. The van der Waals surface area contributed by atoms with E-state index in [1.807, 2.05) is 17.0 Å². The first kappa shape index (κ1) is 12.9. The number of likely N-dealkylation sites (tertiary alicyclic amines) is 1. The van der Waals surface area contributed by atoms with Gasteiger partial charge in [-0.15, -0.1) is 0 Å². The Morgan fingerprint density at radius 2 is 2.00 bits per heavy atom. The zero-order valence-corrected chi connectivity index (χ0v) is 11.6. The quantitative estimate of drug-likeness (QED) is 0.837. The zero-order chi connectivity index (χ0) is 13.9. The van der Waals surface area contributed by atoms with Crippen LogP contribution in [0.15, 0.2) is 48.7 Å². The summed E-state index contributed by atoms with van der Waals surface area (Å²) in [5, 5.41) is 0. The molecule has 3 rings (SSSR count). The van der Waals surface area contributed by atoms with Gasteiger partial charge in [0.05, 0.1) is 0 Å². The van der Waals surface area contributed by atoms with Crippen molar-refractivity contribution in [2.45, 2.75) is 19.3 Å². The zero-order valence-electron chi connectivity index (χ0n) is 11.6. The number of pyridine rings is 1. The second-order valence-corrected chi connectivity index (χ2v) is 5.31. The molecule has 1 aliphatic rings.